The Labute approximate surface area is 177 Å². The third-order valence-electron chi connectivity index (χ3n) is 6.17. The first-order chi connectivity index (χ1) is 14.6. The highest BCUT2D eigenvalue weighted by Crippen LogP contribution is 2.33. The molecule has 0 aliphatic carbocycles. The van der Waals surface area contributed by atoms with Crippen LogP contribution >= 0.6 is 0 Å². The van der Waals surface area contributed by atoms with Crippen LogP contribution < -0.4 is 0 Å². The first kappa shape index (κ1) is 18.4. The smallest absolute Gasteiger partial charge is 0.0650 e. The molecule has 0 N–H and O–H groups in total. The lowest BCUT2D eigenvalue weighted by Crippen LogP contribution is -2.03. The van der Waals surface area contributed by atoms with Gasteiger partial charge >= 0.3 is 0 Å². The molecule has 150 valence electrons. The van der Waals surface area contributed by atoms with E-state index >= 15 is 0 Å². The van der Waals surface area contributed by atoms with E-state index in [0.29, 0.717) is 0 Å². The fourth-order valence-electron chi connectivity index (χ4n) is 4.45. The van der Waals surface area contributed by atoms with E-state index in [-0.39, 0.29) is 0 Å². The zero-order valence-corrected chi connectivity index (χ0v) is 17.9. The summed E-state index contributed by atoms with van der Waals surface area (Å²) < 4.78 is 8.99. The van der Waals surface area contributed by atoms with Crippen molar-refractivity contribution in [3.8, 4) is 45.4 Å². The van der Waals surface area contributed by atoms with E-state index in [1.807, 2.05) is 0 Å². The standard InChI is InChI=1S/C26H26N4/c1-27-18-8-11-21(27)22-14-15-25(29(22)3)26-17-16-24(30(26)4)23-13-12-20(28(23)2)19-9-6-5-7-10-19/h5-18H,1-4H3. The molecule has 0 saturated carbocycles. The number of hydrogen-bond acceptors (Lipinski definition) is 0. The van der Waals surface area contributed by atoms with Crippen molar-refractivity contribution in [2.45, 2.75) is 0 Å². The second-order valence-corrected chi connectivity index (χ2v) is 7.86. The van der Waals surface area contributed by atoms with Crippen molar-refractivity contribution in [1.82, 2.24) is 18.3 Å². The van der Waals surface area contributed by atoms with Crippen LogP contribution in [0.2, 0.25) is 0 Å². The van der Waals surface area contributed by atoms with Gasteiger partial charge in [0.25, 0.3) is 0 Å². The minimum Gasteiger partial charge on any atom is -0.349 e. The molecule has 5 rings (SSSR count). The van der Waals surface area contributed by atoms with Gasteiger partial charge in [0.05, 0.1) is 34.2 Å². The largest absolute Gasteiger partial charge is 0.349 e. The molecule has 4 heteroatoms. The molecule has 0 aliphatic rings. The highest BCUT2D eigenvalue weighted by atomic mass is 15.1. The Morgan fingerprint density at radius 1 is 0.400 bits per heavy atom. The van der Waals surface area contributed by atoms with E-state index in [4.69, 9.17) is 0 Å². The highest BCUT2D eigenvalue weighted by Gasteiger charge is 2.17. The third-order valence-corrected chi connectivity index (χ3v) is 6.17. The van der Waals surface area contributed by atoms with E-state index in [1.165, 1.54) is 45.4 Å². The Morgan fingerprint density at radius 2 is 0.833 bits per heavy atom. The third kappa shape index (κ3) is 2.76. The summed E-state index contributed by atoms with van der Waals surface area (Å²) in [5.74, 6) is 0. The van der Waals surface area contributed by atoms with Crippen LogP contribution in [0.25, 0.3) is 45.4 Å². The summed E-state index contributed by atoms with van der Waals surface area (Å²) >= 11 is 0. The molecule has 4 aromatic heterocycles. The van der Waals surface area contributed by atoms with Gasteiger partial charge in [0.15, 0.2) is 0 Å². The lowest BCUT2D eigenvalue weighted by molar-refractivity contribution is 0.863. The molecule has 0 radical (unpaired) electrons. The van der Waals surface area contributed by atoms with Crippen molar-refractivity contribution < 1.29 is 0 Å². The predicted molar refractivity (Wildman–Crippen MR) is 124 cm³/mol. The van der Waals surface area contributed by atoms with Crippen molar-refractivity contribution in [2.24, 2.45) is 28.2 Å². The molecule has 0 bridgehead atoms. The van der Waals surface area contributed by atoms with Crippen LogP contribution in [0.1, 0.15) is 0 Å². The topological polar surface area (TPSA) is 19.7 Å². The van der Waals surface area contributed by atoms with Crippen molar-refractivity contribution in [3.63, 3.8) is 0 Å². The second kappa shape index (κ2) is 6.99. The first-order valence-electron chi connectivity index (χ1n) is 10.2. The molecule has 0 aliphatic heterocycles. The molecule has 1 aromatic carbocycles. The fraction of sp³-hybridized carbons (Fsp3) is 0.154. The van der Waals surface area contributed by atoms with Gasteiger partial charge in [0, 0.05) is 40.1 Å². The number of aryl methyl sites for hydroxylation is 1. The van der Waals surface area contributed by atoms with Gasteiger partial charge in [0.1, 0.15) is 0 Å². The van der Waals surface area contributed by atoms with Gasteiger partial charge in [-0.1, -0.05) is 30.3 Å². The monoisotopic (exact) mass is 394 g/mol. The fourth-order valence-corrected chi connectivity index (χ4v) is 4.45. The normalized spacial score (nSPS) is 11.3. The quantitative estimate of drug-likeness (QED) is 0.372. The zero-order chi connectivity index (χ0) is 20.8. The van der Waals surface area contributed by atoms with Crippen molar-refractivity contribution in [1.29, 1.82) is 0 Å². The minimum atomic E-state index is 1.20. The lowest BCUT2D eigenvalue weighted by atomic mass is 10.2. The maximum absolute atomic E-state index is 2.29. The number of hydrogen-bond donors (Lipinski definition) is 0. The Balaban J connectivity index is 1.56. The van der Waals surface area contributed by atoms with E-state index in [0.717, 1.165) is 0 Å². The molecule has 0 fully saturated rings. The molecule has 0 saturated heterocycles. The maximum Gasteiger partial charge on any atom is 0.0650 e. The van der Waals surface area contributed by atoms with E-state index < -0.39 is 0 Å². The van der Waals surface area contributed by atoms with Crippen LogP contribution in [-0.2, 0) is 28.2 Å². The lowest BCUT2D eigenvalue weighted by Gasteiger charge is -2.13. The Kier molecular flexibility index (Phi) is 4.28. The molecule has 4 nitrogen and oxygen atoms in total. The van der Waals surface area contributed by atoms with Gasteiger partial charge < -0.3 is 18.3 Å². The molecule has 4 heterocycles. The van der Waals surface area contributed by atoms with Crippen LogP contribution in [0.5, 0.6) is 0 Å². The average Bonchev–Trinajstić information content (AvgIpc) is 3.51. The molecule has 30 heavy (non-hydrogen) atoms. The van der Waals surface area contributed by atoms with E-state index in [9.17, 15) is 0 Å². The van der Waals surface area contributed by atoms with Gasteiger partial charge in [-0.15, -0.1) is 0 Å². The first-order valence-corrected chi connectivity index (χ1v) is 10.2. The number of rotatable bonds is 4. The summed E-state index contributed by atoms with van der Waals surface area (Å²) in [5, 5.41) is 0. The Hall–Kier alpha value is -3.66. The minimum absolute atomic E-state index is 1.20. The van der Waals surface area contributed by atoms with Gasteiger partial charge in [-0.25, -0.2) is 0 Å². The van der Waals surface area contributed by atoms with E-state index in [1.54, 1.807) is 0 Å². The predicted octanol–water partition coefficient (Wildman–Crippen LogP) is 5.71. The van der Waals surface area contributed by atoms with E-state index in [2.05, 4.69) is 132 Å². The van der Waals surface area contributed by atoms with Gasteiger partial charge in [-0.05, 0) is 54.1 Å². The number of benzene rings is 1. The second-order valence-electron chi connectivity index (χ2n) is 7.86. The van der Waals surface area contributed by atoms with Crippen LogP contribution in [-0.4, -0.2) is 18.3 Å². The maximum atomic E-state index is 2.29. The molecular weight excluding hydrogens is 368 g/mol. The van der Waals surface area contributed by atoms with Crippen LogP contribution in [0, 0.1) is 0 Å². The Bertz CT molecular complexity index is 1320. The van der Waals surface area contributed by atoms with Gasteiger partial charge in [-0.2, -0.15) is 0 Å². The number of aromatic nitrogens is 4. The Morgan fingerprint density at radius 3 is 1.30 bits per heavy atom. The molecule has 5 aromatic rings. The summed E-state index contributed by atoms with van der Waals surface area (Å²) in [6.07, 6.45) is 2.09. The molecule has 0 atom stereocenters. The van der Waals surface area contributed by atoms with Gasteiger partial charge in [0.2, 0.25) is 0 Å². The zero-order valence-electron chi connectivity index (χ0n) is 17.9. The summed E-state index contributed by atoms with van der Waals surface area (Å²) in [7, 11) is 8.51. The average molecular weight is 395 g/mol. The molecule has 0 unspecified atom stereocenters. The molecule has 0 spiro atoms. The molecule has 0 amide bonds. The summed E-state index contributed by atoms with van der Waals surface area (Å²) in [4.78, 5) is 0. The summed E-state index contributed by atoms with van der Waals surface area (Å²) in [6, 6.07) is 28.0. The van der Waals surface area contributed by atoms with Gasteiger partial charge in [-0.3, -0.25) is 0 Å². The van der Waals surface area contributed by atoms with Crippen molar-refractivity contribution in [2.75, 3.05) is 0 Å². The molecular formula is C26H26N4. The van der Waals surface area contributed by atoms with Crippen LogP contribution in [0.15, 0.2) is 85.1 Å². The van der Waals surface area contributed by atoms with Crippen molar-refractivity contribution in [3.05, 3.63) is 85.1 Å². The van der Waals surface area contributed by atoms with Crippen LogP contribution in [0.3, 0.4) is 0 Å². The van der Waals surface area contributed by atoms with Crippen molar-refractivity contribution >= 4 is 0 Å². The number of nitrogens with zero attached hydrogens (tertiary/aromatic N) is 4. The summed E-state index contributed by atoms with van der Waals surface area (Å²) in [6.45, 7) is 0. The SMILES string of the molecule is Cn1cccc1-c1ccc(-c2ccc(-c3ccc(-c4ccccc4)n3C)n2C)n1C. The highest BCUT2D eigenvalue weighted by molar-refractivity contribution is 5.73. The van der Waals surface area contributed by atoms with Crippen LogP contribution in [0.4, 0.5) is 0 Å². The summed E-state index contributed by atoms with van der Waals surface area (Å²) in [5.41, 5.74) is 9.70.